The van der Waals surface area contributed by atoms with Crippen molar-refractivity contribution in [3.05, 3.63) is 29.2 Å². The molecule has 36 heavy (non-hydrogen) atoms. The Hall–Kier alpha value is -2.99. The van der Waals surface area contributed by atoms with E-state index in [1.165, 1.54) is 6.26 Å². The number of rotatable bonds is 4. The number of morpholine rings is 1. The summed E-state index contributed by atoms with van der Waals surface area (Å²) in [7, 11) is -3.44. The highest BCUT2D eigenvalue weighted by Crippen LogP contribution is 2.53. The van der Waals surface area contributed by atoms with E-state index in [9.17, 15) is 18.3 Å². The number of anilines is 1. The number of aromatic nitrogens is 5. The van der Waals surface area contributed by atoms with Crippen LogP contribution in [0.3, 0.4) is 0 Å². The van der Waals surface area contributed by atoms with Crippen LogP contribution in [0, 0.1) is 6.92 Å². The molecule has 0 aromatic carbocycles. The van der Waals surface area contributed by atoms with Gasteiger partial charge in [0.25, 0.3) is 0 Å². The fraction of sp³-hybridized carbons (Fsp3) is 0.583. The van der Waals surface area contributed by atoms with Gasteiger partial charge in [-0.15, -0.1) is 0 Å². The van der Waals surface area contributed by atoms with Crippen LogP contribution in [0.2, 0.25) is 0 Å². The Morgan fingerprint density at radius 2 is 1.97 bits per heavy atom. The molecular formula is C24H32N6O5S. The molecule has 1 aliphatic carbocycles. The lowest BCUT2D eigenvalue weighted by atomic mass is 9.84. The third-order valence-corrected chi connectivity index (χ3v) is 9.28. The van der Waals surface area contributed by atoms with Crippen molar-refractivity contribution in [2.24, 2.45) is 0 Å². The Balaban J connectivity index is 1.85. The van der Waals surface area contributed by atoms with Crippen molar-refractivity contribution < 1.29 is 23.1 Å². The molecule has 194 valence electrons. The number of sulfone groups is 1. The van der Waals surface area contributed by atoms with Crippen molar-refractivity contribution >= 4 is 27.4 Å². The van der Waals surface area contributed by atoms with Gasteiger partial charge in [-0.2, -0.15) is 14.9 Å². The lowest BCUT2D eigenvalue weighted by molar-refractivity contribution is 0.0985. The summed E-state index contributed by atoms with van der Waals surface area (Å²) in [5, 5.41) is 18.9. The van der Waals surface area contributed by atoms with E-state index in [1.807, 2.05) is 33.8 Å². The topological polar surface area (TPSA) is 132 Å². The first-order valence-electron chi connectivity index (χ1n) is 12.0. The highest BCUT2D eigenvalue weighted by atomic mass is 32.2. The molecule has 0 amide bonds. The average molecular weight is 517 g/mol. The summed E-state index contributed by atoms with van der Waals surface area (Å²) in [5.74, 6) is 0.625. The summed E-state index contributed by atoms with van der Waals surface area (Å²) < 4.78 is 33.0. The fourth-order valence-electron chi connectivity index (χ4n) is 5.40. The monoisotopic (exact) mass is 516 g/mol. The van der Waals surface area contributed by atoms with Crippen LogP contribution in [0.1, 0.15) is 57.5 Å². The predicted molar refractivity (Wildman–Crippen MR) is 134 cm³/mol. The summed E-state index contributed by atoms with van der Waals surface area (Å²) in [6.07, 6.45) is 2.61. The number of ether oxygens (including phenoxy) is 1. The van der Waals surface area contributed by atoms with Crippen LogP contribution in [-0.2, 0) is 24.7 Å². The molecule has 0 radical (unpaired) electrons. The van der Waals surface area contributed by atoms with Crippen molar-refractivity contribution in [3.63, 3.8) is 0 Å². The van der Waals surface area contributed by atoms with Crippen LogP contribution >= 0.6 is 0 Å². The van der Waals surface area contributed by atoms with Crippen LogP contribution < -0.4 is 4.90 Å². The maximum Gasteiger partial charge on any atom is 0.432 e. The van der Waals surface area contributed by atoms with Gasteiger partial charge in [0.05, 0.1) is 48.1 Å². The number of carboxylic acid groups (broad SMARTS) is 1. The molecule has 11 nitrogen and oxygen atoms in total. The van der Waals surface area contributed by atoms with E-state index in [0.29, 0.717) is 66.7 Å². The second-order valence-corrected chi connectivity index (χ2v) is 13.3. The smallest absolute Gasteiger partial charge is 0.432 e. The van der Waals surface area contributed by atoms with Crippen LogP contribution in [0.25, 0.3) is 16.9 Å². The molecule has 3 aromatic heterocycles. The van der Waals surface area contributed by atoms with Crippen molar-refractivity contribution in [1.29, 1.82) is 0 Å². The van der Waals surface area contributed by atoms with Crippen LogP contribution in [0.4, 0.5) is 10.6 Å². The summed E-state index contributed by atoms with van der Waals surface area (Å²) in [4.78, 5) is 19.3. The van der Waals surface area contributed by atoms with Gasteiger partial charge in [0.15, 0.2) is 15.5 Å². The number of hydrogen-bond donors (Lipinski definition) is 1. The second-order valence-electron chi connectivity index (χ2n) is 10.9. The van der Waals surface area contributed by atoms with E-state index in [2.05, 4.69) is 15.1 Å². The van der Waals surface area contributed by atoms with E-state index in [4.69, 9.17) is 9.72 Å². The molecule has 0 unspecified atom stereocenters. The van der Waals surface area contributed by atoms with Crippen LogP contribution in [0.15, 0.2) is 12.3 Å². The van der Waals surface area contributed by atoms with Gasteiger partial charge in [0.1, 0.15) is 10.6 Å². The van der Waals surface area contributed by atoms with Gasteiger partial charge in [0, 0.05) is 24.4 Å². The molecule has 1 atom stereocenters. The Kier molecular flexibility index (Phi) is 5.49. The van der Waals surface area contributed by atoms with E-state index in [-0.39, 0.29) is 6.04 Å². The zero-order chi connectivity index (χ0) is 26.2. The Morgan fingerprint density at radius 1 is 1.28 bits per heavy atom. The molecule has 3 aromatic rings. The van der Waals surface area contributed by atoms with E-state index < -0.39 is 26.1 Å². The number of carbonyl (C=O) groups is 1. The van der Waals surface area contributed by atoms with Gasteiger partial charge in [-0.25, -0.2) is 22.7 Å². The summed E-state index contributed by atoms with van der Waals surface area (Å²) >= 11 is 0. The summed E-state index contributed by atoms with van der Waals surface area (Å²) in [6.45, 7) is 11.5. The normalized spacial score (nSPS) is 20.2. The van der Waals surface area contributed by atoms with Crippen LogP contribution in [0.5, 0.6) is 0 Å². The average Bonchev–Trinajstić information content (AvgIpc) is 3.37. The van der Waals surface area contributed by atoms with Crippen molar-refractivity contribution in [2.45, 2.75) is 63.7 Å². The highest BCUT2D eigenvalue weighted by molar-refractivity contribution is 7.91. The lowest BCUT2D eigenvalue weighted by Gasteiger charge is -2.34. The first-order valence-corrected chi connectivity index (χ1v) is 13.9. The van der Waals surface area contributed by atoms with Gasteiger partial charge >= 0.3 is 6.09 Å². The molecule has 0 spiro atoms. The van der Waals surface area contributed by atoms with Gasteiger partial charge in [-0.1, -0.05) is 20.8 Å². The minimum atomic E-state index is -3.44. The molecule has 2 aliphatic rings. The molecule has 5 rings (SSSR count). The van der Waals surface area contributed by atoms with Gasteiger partial charge in [-0.05, 0) is 32.1 Å². The molecule has 1 aliphatic heterocycles. The van der Waals surface area contributed by atoms with Crippen molar-refractivity contribution in [3.8, 4) is 11.3 Å². The number of hydrogen-bond acceptors (Lipinski definition) is 8. The predicted octanol–water partition coefficient (Wildman–Crippen LogP) is 2.98. The van der Waals surface area contributed by atoms with E-state index in [0.717, 1.165) is 10.2 Å². The van der Waals surface area contributed by atoms with Gasteiger partial charge < -0.3 is 14.7 Å². The van der Waals surface area contributed by atoms with Crippen molar-refractivity contribution in [1.82, 2.24) is 24.4 Å². The molecule has 4 heterocycles. The molecule has 2 fully saturated rings. The third kappa shape index (κ3) is 3.69. The minimum absolute atomic E-state index is 0.0400. The fourth-order valence-corrected chi connectivity index (χ4v) is 6.77. The number of nitrogens with zero attached hydrogens (tertiary/aromatic N) is 6. The quantitative estimate of drug-likeness (QED) is 0.556. The number of aryl methyl sites for hydroxylation is 1. The van der Waals surface area contributed by atoms with Gasteiger partial charge in [-0.3, -0.25) is 0 Å². The minimum Gasteiger partial charge on any atom is -0.463 e. The van der Waals surface area contributed by atoms with Crippen molar-refractivity contribution in [2.75, 3.05) is 30.9 Å². The molecular weight excluding hydrogens is 484 g/mol. The molecule has 1 N–H and O–H groups in total. The molecule has 0 bridgehead atoms. The maximum absolute atomic E-state index is 12.9. The third-order valence-electron chi connectivity index (χ3n) is 7.25. The van der Waals surface area contributed by atoms with Gasteiger partial charge in [0.2, 0.25) is 0 Å². The Morgan fingerprint density at radius 3 is 2.53 bits per heavy atom. The van der Waals surface area contributed by atoms with Crippen LogP contribution in [-0.4, -0.2) is 76.1 Å². The Bertz CT molecular complexity index is 1480. The van der Waals surface area contributed by atoms with E-state index in [1.54, 1.807) is 17.6 Å². The highest BCUT2D eigenvalue weighted by Gasteiger charge is 2.56. The first-order chi connectivity index (χ1) is 16.8. The Labute approximate surface area is 210 Å². The summed E-state index contributed by atoms with van der Waals surface area (Å²) in [5.41, 5.74) is 2.82. The van der Waals surface area contributed by atoms with E-state index >= 15 is 0 Å². The lowest BCUT2D eigenvalue weighted by Crippen LogP contribution is -2.44. The molecule has 12 heteroatoms. The zero-order valence-electron chi connectivity index (χ0n) is 21.4. The molecule has 1 saturated heterocycles. The zero-order valence-corrected chi connectivity index (χ0v) is 22.3. The second kappa shape index (κ2) is 8.01. The maximum atomic E-state index is 12.9. The first kappa shape index (κ1) is 24.7. The standard InChI is InChI=1S/C24H32N6O5S/c1-14-13-35-10-9-28(14)18-11-17(24(7-8-24)36(6,33)34)29-21(26-18)16(12-25-29)20-19(23(3,4)5)15(2)27-30(20)22(31)32/h11-12,14H,7-10,13H2,1-6H3,(H,31,32)/t14-/m1/s1. The largest absolute Gasteiger partial charge is 0.463 e. The SMILES string of the molecule is Cc1nn(C(=O)O)c(-c2cnn3c(C4(S(C)(=O)=O)CC4)cc(N4CCOC[C@H]4C)nc23)c1C(C)(C)C. The summed E-state index contributed by atoms with van der Waals surface area (Å²) in [6, 6.07) is 1.86. The molecule has 1 saturated carbocycles. The number of fused-ring (bicyclic) bond motifs is 1.